The van der Waals surface area contributed by atoms with Gasteiger partial charge in [0, 0.05) is 12.6 Å². The summed E-state index contributed by atoms with van der Waals surface area (Å²) in [6, 6.07) is 19.7. The highest BCUT2D eigenvalue weighted by Crippen LogP contribution is 2.38. The number of hydrogen-bond donors (Lipinski definition) is 1. The van der Waals surface area contributed by atoms with Crippen LogP contribution in [0.3, 0.4) is 0 Å². The van der Waals surface area contributed by atoms with E-state index in [1.165, 1.54) is 25.3 Å². The van der Waals surface area contributed by atoms with Gasteiger partial charge in [-0.05, 0) is 62.2 Å². The number of ether oxygens (including phenoxy) is 1. The Morgan fingerprint density at radius 2 is 1.58 bits per heavy atom. The van der Waals surface area contributed by atoms with E-state index in [-0.39, 0.29) is 34.3 Å². The van der Waals surface area contributed by atoms with Gasteiger partial charge in [0.25, 0.3) is 5.69 Å². The minimum Gasteiger partial charge on any atom is -0.468 e. The van der Waals surface area contributed by atoms with E-state index in [0.717, 1.165) is 15.4 Å². The number of aryl methyl sites for hydroxylation is 1. The van der Waals surface area contributed by atoms with E-state index in [0.29, 0.717) is 0 Å². The topological polar surface area (TPSA) is 128 Å². The van der Waals surface area contributed by atoms with Crippen molar-refractivity contribution in [2.24, 2.45) is 0 Å². The molecule has 0 bridgehead atoms. The number of nitro groups is 1. The molecule has 0 aliphatic heterocycles. The molecule has 0 spiro atoms. The number of benzene rings is 3. The summed E-state index contributed by atoms with van der Waals surface area (Å²) in [6.07, 6.45) is -0.565. The number of esters is 1. The number of nitro benzene ring substituents is 1. The number of anilines is 1. The molecule has 0 unspecified atom stereocenters. The van der Waals surface area contributed by atoms with Crippen LogP contribution in [0.2, 0.25) is 18.1 Å². The number of para-hydroxylation sites is 2. The summed E-state index contributed by atoms with van der Waals surface area (Å²) in [5, 5.41) is 15.0. The van der Waals surface area contributed by atoms with Crippen LogP contribution >= 0.6 is 0 Å². The number of carbonyl (C=O) groups excluding carboxylic acids is 1. The van der Waals surface area contributed by atoms with E-state index in [4.69, 9.17) is 9.16 Å². The molecule has 244 valence electrons. The first-order valence-corrected chi connectivity index (χ1v) is 19.2. The molecule has 0 saturated heterocycles. The molecule has 0 radical (unpaired) electrons. The predicted octanol–water partition coefficient (Wildman–Crippen LogP) is 6.57. The summed E-state index contributed by atoms with van der Waals surface area (Å²) in [7, 11) is -5.47. The van der Waals surface area contributed by atoms with Crippen LogP contribution in [-0.4, -0.2) is 63.8 Å². The van der Waals surface area contributed by atoms with Gasteiger partial charge in [-0.25, -0.2) is 8.42 Å². The van der Waals surface area contributed by atoms with Crippen molar-refractivity contribution in [3.63, 3.8) is 0 Å². The Labute approximate surface area is 268 Å². The van der Waals surface area contributed by atoms with Gasteiger partial charge in [0.1, 0.15) is 11.7 Å². The van der Waals surface area contributed by atoms with Crippen molar-refractivity contribution in [2.45, 2.75) is 82.3 Å². The van der Waals surface area contributed by atoms with Crippen molar-refractivity contribution < 1.29 is 27.3 Å². The Hall–Kier alpha value is -3.58. The molecule has 45 heavy (non-hydrogen) atoms. The summed E-state index contributed by atoms with van der Waals surface area (Å²) in [4.78, 5) is 24.9. The molecule has 3 atom stereocenters. The fourth-order valence-corrected chi connectivity index (χ4v) is 7.75. The Balaban J connectivity index is 2.21. The smallest absolute Gasteiger partial charge is 0.324 e. The van der Waals surface area contributed by atoms with Gasteiger partial charge < -0.3 is 14.5 Å². The molecule has 3 aromatic rings. The highest BCUT2D eigenvalue weighted by Gasteiger charge is 2.43. The standard InChI is InChI=1S/C33H45N3O7SSi/c1-24-18-20-27(21-19-24)44(40,41)35(31(32(37)42-6)22-26-14-10-9-11-15-26)23-29(25(2)43-45(7,8)33(3,4)5)34-28-16-12-13-17-30(28)36(38)39/h9-21,25,29,31,34H,22-23H2,1-8H3/t25-,29-,31+/m1/s1. The van der Waals surface area contributed by atoms with E-state index < -0.39 is 47.4 Å². The third kappa shape index (κ3) is 9.00. The van der Waals surface area contributed by atoms with E-state index in [9.17, 15) is 23.3 Å². The number of sulfonamides is 1. The molecule has 0 saturated carbocycles. The molecular weight excluding hydrogens is 611 g/mol. The van der Waals surface area contributed by atoms with Crippen molar-refractivity contribution in [1.29, 1.82) is 0 Å². The molecule has 0 amide bonds. The maximum Gasteiger partial charge on any atom is 0.324 e. The lowest BCUT2D eigenvalue weighted by Crippen LogP contribution is -2.55. The first-order chi connectivity index (χ1) is 21.0. The average molecular weight is 656 g/mol. The molecule has 0 aliphatic carbocycles. The summed E-state index contributed by atoms with van der Waals surface area (Å²) < 4.78 is 42.0. The van der Waals surface area contributed by atoms with Crippen LogP contribution in [0.4, 0.5) is 11.4 Å². The summed E-state index contributed by atoms with van der Waals surface area (Å²) in [5.74, 6) is -0.725. The predicted molar refractivity (Wildman–Crippen MR) is 179 cm³/mol. The van der Waals surface area contributed by atoms with Gasteiger partial charge in [-0.15, -0.1) is 0 Å². The van der Waals surface area contributed by atoms with E-state index in [1.807, 2.05) is 44.2 Å². The van der Waals surface area contributed by atoms with Gasteiger partial charge in [-0.2, -0.15) is 4.31 Å². The molecule has 0 aliphatic rings. The maximum atomic E-state index is 14.5. The fraction of sp³-hybridized carbons (Fsp3) is 0.424. The third-order valence-electron chi connectivity index (χ3n) is 8.39. The van der Waals surface area contributed by atoms with Crippen LogP contribution in [0.25, 0.3) is 0 Å². The molecule has 0 fully saturated rings. The van der Waals surface area contributed by atoms with Crippen molar-refractivity contribution in [3.05, 3.63) is 100 Å². The zero-order chi connectivity index (χ0) is 33.6. The SMILES string of the molecule is COC(=O)[C@H](Cc1ccccc1)N(C[C@@H](Nc1ccccc1[N+](=O)[O-])[C@@H](C)O[Si](C)(C)C(C)(C)C)S(=O)(=O)c1ccc(C)cc1. The van der Waals surface area contributed by atoms with Crippen LogP contribution in [0, 0.1) is 17.0 Å². The van der Waals surface area contributed by atoms with Gasteiger partial charge in [0.05, 0.1) is 29.1 Å². The van der Waals surface area contributed by atoms with Crippen molar-refractivity contribution in [2.75, 3.05) is 19.0 Å². The molecular formula is C33H45N3O7SSi. The highest BCUT2D eigenvalue weighted by molar-refractivity contribution is 7.89. The van der Waals surface area contributed by atoms with Crippen molar-refractivity contribution >= 4 is 35.7 Å². The second-order valence-electron chi connectivity index (χ2n) is 12.7. The van der Waals surface area contributed by atoms with Crippen LogP contribution in [0.1, 0.15) is 38.8 Å². The molecule has 12 heteroatoms. The first-order valence-electron chi connectivity index (χ1n) is 14.9. The normalized spacial score (nSPS) is 14.4. The maximum absolute atomic E-state index is 14.5. The van der Waals surface area contributed by atoms with E-state index in [2.05, 4.69) is 39.2 Å². The van der Waals surface area contributed by atoms with Crippen molar-refractivity contribution in [1.82, 2.24) is 4.31 Å². The summed E-state index contributed by atoms with van der Waals surface area (Å²) in [6.45, 7) is 13.9. The lowest BCUT2D eigenvalue weighted by molar-refractivity contribution is -0.384. The number of carbonyl (C=O) groups is 1. The van der Waals surface area contributed by atoms with Gasteiger partial charge in [0.2, 0.25) is 10.0 Å². The van der Waals surface area contributed by atoms with Crippen molar-refractivity contribution in [3.8, 4) is 0 Å². The lowest BCUT2D eigenvalue weighted by Gasteiger charge is -2.42. The fourth-order valence-electron chi connectivity index (χ4n) is 4.70. The Kier molecular flexibility index (Phi) is 11.7. The van der Waals surface area contributed by atoms with Crippen LogP contribution in [-0.2, 0) is 30.4 Å². The second-order valence-corrected chi connectivity index (χ2v) is 19.4. The van der Waals surface area contributed by atoms with E-state index >= 15 is 0 Å². The van der Waals surface area contributed by atoms with Gasteiger partial charge in [-0.3, -0.25) is 14.9 Å². The minimum absolute atomic E-state index is 0.0116. The number of rotatable bonds is 14. The average Bonchev–Trinajstić information content (AvgIpc) is 2.97. The molecule has 3 rings (SSSR count). The molecule has 0 heterocycles. The van der Waals surface area contributed by atoms with Gasteiger partial charge in [0.15, 0.2) is 8.32 Å². The molecule has 10 nitrogen and oxygen atoms in total. The Bertz CT molecular complexity index is 1560. The quantitative estimate of drug-likeness (QED) is 0.0894. The number of nitrogens with one attached hydrogen (secondary N) is 1. The zero-order valence-electron chi connectivity index (χ0n) is 27.3. The Morgan fingerprint density at radius 3 is 2.13 bits per heavy atom. The Morgan fingerprint density at radius 1 is 1.00 bits per heavy atom. The van der Waals surface area contributed by atoms with E-state index in [1.54, 1.807) is 30.3 Å². The highest BCUT2D eigenvalue weighted by atomic mass is 32.2. The van der Waals surface area contributed by atoms with Crippen LogP contribution in [0.15, 0.2) is 83.8 Å². The minimum atomic E-state index is -4.30. The lowest BCUT2D eigenvalue weighted by atomic mass is 10.0. The van der Waals surface area contributed by atoms with Crippen LogP contribution < -0.4 is 5.32 Å². The number of hydrogen-bond acceptors (Lipinski definition) is 8. The van der Waals surface area contributed by atoms with Crippen LogP contribution in [0.5, 0.6) is 0 Å². The summed E-state index contributed by atoms with van der Waals surface area (Å²) >= 11 is 0. The zero-order valence-corrected chi connectivity index (χ0v) is 29.1. The monoisotopic (exact) mass is 655 g/mol. The first kappa shape index (κ1) is 35.9. The molecule has 1 N–H and O–H groups in total. The van der Waals surface area contributed by atoms with Gasteiger partial charge >= 0.3 is 5.97 Å². The molecule has 3 aromatic carbocycles. The second kappa shape index (κ2) is 14.7. The van der Waals surface area contributed by atoms with Gasteiger partial charge in [-0.1, -0.05) is 80.9 Å². The number of methoxy groups -OCH3 is 1. The molecule has 0 aromatic heterocycles. The number of nitrogens with zero attached hydrogens (tertiary/aromatic N) is 2. The third-order valence-corrected chi connectivity index (χ3v) is 14.9. The largest absolute Gasteiger partial charge is 0.468 e. The summed E-state index contributed by atoms with van der Waals surface area (Å²) in [5.41, 5.74) is 1.67.